The molecule has 0 spiro atoms. The number of ether oxygens (including phenoxy) is 1. The van der Waals surface area contributed by atoms with Crippen LogP contribution in [0.5, 0.6) is 5.88 Å². The zero-order chi connectivity index (χ0) is 22.2. The molecule has 2 aliphatic rings. The zero-order valence-electron chi connectivity index (χ0n) is 18.3. The third kappa shape index (κ3) is 3.92. The maximum Gasteiger partial charge on any atom is 0.272 e. The fourth-order valence-electron chi connectivity index (χ4n) is 4.55. The van der Waals surface area contributed by atoms with Gasteiger partial charge in [0, 0.05) is 36.8 Å². The average molecular weight is 438 g/mol. The minimum absolute atomic E-state index is 0.000821. The second-order valence-corrected chi connectivity index (χ2v) is 8.59. The van der Waals surface area contributed by atoms with E-state index in [0.29, 0.717) is 24.0 Å². The zero-order valence-corrected chi connectivity index (χ0v) is 18.3. The van der Waals surface area contributed by atoms with Crippen LogP contribution in [0.3, 0.4) is 0 Å². The fraction of sp³-hybridized carbons (Fsp3) is 0.500. The van der Waals surface area contributed by atoms with E-state index in [2.05, 4.69) is 20.6 Å². The van der Waals surface area contributed by atoms with Crippen molar-refractivity contribution in [2.45, 2.75) is 64.6 Å². The number of rotatable bonds is 4. The Bertz CT molecular complexity index is 1180. The van der Waals surface area contributed by atoms with Gasteiger partial charge in [-0.3, -0.25) is 9.59 Å². The molecular weight excluding hydrogens is 410 g/mol. The molecule has 168 valence electrons. The molecule has 10 nitrogen and oxygen atoms in total. The number of amides is 1. The van der Waals surface area contributed by atoms with E-state index in [0.717, 1.165) is 50.0 Å². The summed E-state index contributed by atoms with van der Waals surface area (Å²) >= 11 is 0. The van der Waals surface area contributed by atoms with Crippen LogP contribution in [0.1, 0.15) is 60.0 Å². The largest absolute Gasteiger partial charge is 0.478 e. The molecule has 1 amide bonds. The van der Waals surface area contributed by atoms with Crippen molar-refractivity contribution >= 4 is 5.91 Å². The Balaban J connectivity index is 1.24. The minimum Gasteiger partial charge on any atom is -0.478 e. The van der Waals surface area contributed by atoms with Gasteiger partial charge in [-0.1, -0.05) is 0 Å². The average Bonchev–Trinajstić information content (AvgIpc) is 3.37. The van der Waals surface area contributed by atoms with Crippen LogP contribution in [-0.2, 0) is 6.54 Å². The summed E-state index contributed by atoms with van der Waals surface area (Å²) in [5.41, 5.74) is 2.15. The predicted octanol–water partition coefficient (Wildman–Crippen LogP) is 1.94. The van der Waals surface area contributed by atoms with Crippen LogP contribution in [0.2, 0.25) is 0 Å². The summed E-state index contributed by atoms with van der Waals surface area (Å²) in [6, 6.07) is 6.99. The first-order valence-electron chi connectivity index (χ1n) is 11.1. The fourth-order valence-corrected chi connectivity index (χ4v) is 4.55. The van der Waals surface area contributed by atoms with E-state index in [1.54, 1.807) is 32.2 Å². The first-order chi connectivity index (χ1) is 15.5. The highest BCUT2D eigenvalue weighted by atomic mass is 16.5. The van der Waals surface area contributed by atoms with E-state index < -0.39 is 0 Å². The van der Waals surface area contributed by atoms with Crippen LogP contribution in [0.15, 0.2) is 29.1 Å². The maximum absolute atomic E-state index is 12.7. The lowest BCUT2D eigenvalue weighted by Gasteiger charge is -2.29. The van der Waals surface area contributed by atoms with Gasteiger partial charge < -0.3 is 10.1 Å². The Hall–Kier alpha value is -3.43. The normalized spacial score (nSPS) is 20.4. The number of fused-ring (bicyclic) bond motifs is 1. The van der Waals surface area contributed by atoms with E-state index in [4.69, 9.17) is 4.74 Å². The van der Waals surface area contributed by atoms with Crippen molar-refractivity contribution in [3.05, 3.63) is 51.7 Å². The van der Waals surface area contributed by atoms with Crippen molar-refractivity contribution < 1.29 is 9.53 Å². The molecule has 3 aromatic heterocycles. The van der Waals surface area contributed by atoms with Crippen LogP contribution in [0.4, 0.5) is 0 Å². The van der Waals surface area contributed by atoms with Gasteiger partial charge in [-0.05, 0) is 51.7 Å². The molecule has 0 aromatic carbocycles. The Morgan fingerprint density at radius 1 is 1.09 bits per heavy atom. The molecule has 3 aromatic rings. The molecule has 1 aliphatic heterocycles. The number of carbonyl (C=O) groups is 1. The van der Waals surface area contributed by atoms with Gasteiger partial charge in [-0.15, -0.1) is 5.10 Å². The molecule has 1 N–H and O–H groups in total. The van der Waals surface area contributed by atoms with Crippen molar-refractivity contribution in [1.82, 2.24) is 34.7 Å². The van der Waals surface area contributed by atoms with Gasteiger partial charge in [0.2, 0.25) is 5.88 Å². The summed E-state index contributed by atoms with van der Waals surface area (Å²) in [6.45, 7) is 5.33. The Kier molecular flexibility index (Phi) is 5.28. The SMILES string of the molecule is Cc1cc(C)n(-c2ccc(=O)n(C3CCC(NC(=O)c4cc5n(n4)CCCO5)CC3)n2)n1. The second-order valence-electron chi connectivity index (χ2n) is 8.59. The number of nitrogens with zero attached hydrogens (tertiary/aromatic N) is 6. The summed E-state index contributed by atoms with van der Waals surface area (Å²) in [6.07, 6.45) is 3.98. The summed E-state index contributed by atoms with van der Waals surface area (Å²) in [5, 5.41) is 16.5. The lowest BCUT2D eigenvalue weighted by atomic mass is 9.91. The third-order valence-electron chi connectivity index (χ3n) is 6.16. The highest BCUT2D eigenvalue weighted by Crippen LogP contribution is 2.27. The highest BCUT2D eigenvalue weighted by Gasteiger charge is 2.27. The van der Waals surface area contributed by atoms with Gasteiger partial charge in [-0.2, -0.15) is 10.2 Å². The molecule has 1 aliphatic carbocycles. The predicted molar refractivity (Wildman–Crippen MR) is 116 cm³/mol. The molecule has 0 bridgehead atoms. The number of aromatic nitrogens is 6. The standard InChI is InChI=1S/C22H27N7O3/c1-14-12-15(2)28(24-14)19-8-9-20(30)29(26-19)17-6-4-16(5-7-17)23-22(31)18-13-21-27(25-18)10-3-11-32-21/h8-9,12-13,16-17H,3-7,10-11H2,1-2H3,(H,23,31). The molecule has 4 heterocycles. The Morgan fingerprint density at radius 2 is 1.91 bits per heavy atom. The van der Waals surface area contributed by atoms with E-state index in [9.17, 15) is 9.59 Å². The lowest BCUT2D eigenvalue weighted by Crippen LogP contribution is -2.40. The van der Waals surface area contributed by atoms with Crippen LogP contribution >= 0.6 is 0 Å². The first kappa shape index (κ1) is 20.5. The van der Waals surface area contributed by atoms with Crippen molar-refractivity contribution in [1.29, 1.82) is 0 Å². The van der Waals surface area contributed by atoms with Crippen LogP contribution in [0.25, 0.3) is 5.82 Å². The topological polar surface area (TPSA) is 109 Å². The molecule has 0 unspecified atom stereocenters. The molecule has 5 rings (SSSR count). The summed E-state index contributed by atoms with van der Waals surface area (Å²) in [4.78, 5) is 25.2. The highest BCUT2D eigenvalue weighted by molar-refractivity contribution is 5.92. The van der Waals surface area contributed by atoms with Gasteiger partial charge >= 0.3 is 0 Å². The number of carbonyl (C=O) groups excluding carboxylic acids is 1. The van der Waals surface area contributed by atoms with Gasteiger partial charge in [0.05, 0.1) is 18.3 Å². The van der Waals surface area contributed by atoms with Crippen LogP contribution in [0, 0.1) is 13.8 Å². The minimum atomic E-state index is -0.180. The third-order valence-corrected chi connectivity index (χ3v) is 6.16. The lowest BCUT2D eigenvalue weighted by molar-refractivity contribution is 0.0915. The van der Waals surface area contributed by atoms with Crippen molar-refractivity contribution in [3.8, 4) is 11.7 Å². The van der Waals surface area contributed by atoms with E-state index in [1.807, 2.05) is 19.9 Å². The summed E-state index contributed by atoms with van der Waals surface area (Å²) in [5.74, 6) is 1.11. The second kappa shape index (κ2) is 8.25. The summed E-state index contributed by atoms with van der Waals surface area (Å²) in [7, 11) is 0. The van der Waals surface area contributed by atoms with E-state index >= 15 is 0 Å². The number of hydrogen-bond acceptors (Lipinski definition) is 6. The molecule has 0 atom stereocenters. The van der Waals surface area contributed by atoms with Gasteiger partial charge in [0.25, 0.3) is 11.5 Å². The summed E-state index contributed by atoms with van der Waals surface area (Å²) < 4.78 is 10.6. The van der Waals surface area contributed by atoms with E-state index in [1.165, 1.54) is 0 Å². The first-order valence-corrected chi connectivity index (χ1v) is 11.1. The Labute approximate surface area is 185 Å². The maximum atomic E-state index is 12.7. The molecule has 32 heavy (non-hydrogen) atoms. The number of aryl methyl sites for hydroxylation is 3. The quantitative estimate of drug-likeness (QED) is 0.668. The molecule has 0 radical (unpaired) electrons. The molecule has 1 saturated carbocycles. The van der Waals surface area contributed by atoms with Crippen LogP contribution < -0.4 is 15.6 Å². The Morgan fingerprint density at radius 3 is 2.62 bits per heavy atom. The van der Waals surface area contributed by atoms with Crippen molar-refractivity contribution in [3.63, 3.8) is 0 Å². The van der Waals surface area contributed by atoms with Crippen molar-refractivity contribution in [2.75, 3.05) is 6.61 Å². The number of hydrogen-bond donors (Lipinski definition) is 1. The van der Waals surface area contributed by atoms with Gasteiger partial charge in [0.1, 0.15) is 0 Å². The van der Waals surface area contributed by atoms with Crippen LogP contribution in [-0.4, -0.2) is 47.9 Å². The molecule has 1 fully saturated rings. The van der Waals surface area contributed by atoms with Crippen molar-refractivity contribution in [2.24, 2.45) is 0 Å². The molecule has 10 heteroatoms. The van der Waals surface area contributed by atoms with Gasteiger partial charge in [-0.25, -0.2) is 14.0 Å². The smallest absolute Gasteiger partial charge is 0.272 e. The monoisotopic (exact) mass is 437 g/mol. The van der Waals surface area contributed by atoms with Gasteiger partial charge in [0.15, 0.2) is 11.5 Å². The number of nitrogens with one attached hydrogen (secondary N) is 1. The molecular formula is C22H27N7O3. The molecule has 0 saturated heterocycles. The van der Waals surface area contributed by atoms with E-state index in [-0.39, 0.29) is 23.6 Å².